The van der Waals surface area contributed by atoms with Crippen LogP contribution in [0.1, 0.15) is 31.4 Å². The molecule has 0 aromatic heterocycles. The van der Waals surface area contributed by atoms with E-state index in [9.17, 15) is 13.6 Å². The van der Waals surface area contributed by atoms with E-state index in [0.717, 1.165) is 5.56 Å². The molecule has 1 unspecified atom stereocenters. The van der Waals surface area contributed by atoms with Crippen LogP contribution in [0.5, 0.6) is 5.75 Å². The summed E-state index contributed by atoms with van der Waals surface area (Å²) in [6, 6.07) is 18.1. The quantitative estimate of drug-likeness (QED) is 0.778. The van der Waals surface area contributed by atoms with E-state index in [2.05, 4.69) is 5.32 Å². The fourth-order valence-corrected chi connectivity index (χ4v) is 3.48. The first kappa shape index (κ1) is 20.3. The molecule has 1 aliphatic rings. The van der Waals surface area contributed by atoms with E-state index in [0.29, 0.717) is 5.75 Å². The van der Waals surface area contributed by atoms with Crippen LogP contribution in [-0.2, 0) is 4.79 Å². The average molecular weight is 388 g/mol. The van der Waals surface area contributed by atoms with Crippen molar-refractivity contribution in [2.24, 2.45) is 0 Å². The molecular weight excluding hydrogens is 362 g/mol. The summed E-state index contributed by atoms with van der Waals surface area (Å²) in [6.07, 6.45) is -0.146. The lowest BCUT2D eigenvalue weighted by Gasteiger charge is -2.38. The van der Waals surface area contributed by atoms with Crippen LogP contribution in [0.3, 0.4) is 0 Å². The predicted molar refractivity (Wildman–Crippen MR) is 104 cm³/mol. The lowest BCUT2D eigenvalue weighted by atomic mass is 9.98. The van der Waals surface area contributed by atoms with Crippen LogP contribution in [0.2, 0.25) is 0 Å². The van der Waals surface area contributed by atoms with Crippen LogP contribution in [-0.4, -0.2) is 42.5 Å². The highest BCUT2D eigenvalue weighted by Crippen LogP contribution is 2.30. The molecule has 1 aliphatic heterocycles. The minimum atomic E-state index is -2.78. The van der Waals surface area contributed by atoms with E-state index in [1.807, 2.05) is 67.6 Å². The van der Waals surface area contributed by atoms with Crippen LogP contribution in [0.4, 0.5) is 8.78 Å². The highest BCUT2D eigenvalue weighted by atomic mass is 19.3. The molecule has 1 amide bonds. The number of rotatable bonds is 7. The summed E-state index contributed by atoms with van der Waals surface area (Å²) in [5.74, 6) is -2.31. The zero-order valence-corrected chi connectivity index (χ0v) is 16.0. The molecular formula is C22H26F2N2O2. The van der Waals surface area contributed by atoms with Crippen molar-refractivity contribution < 1.29 is 18.3 Å². The van der Waals surface area contributed by atoms with Crippen LogP contribution < -0.4 is 10.1 Å². The second-order valence-corrected chi connectivity index (χ2v) is 7.18. The Balaban J connectivity index is 1.60. The van der Waals surface area contributed by atoms with Crippen molar-refractivity contribution in [1.82, 2.24) is 10.2 Å². The summed E-state index contributed by atoms with van der Waals surface area (Å²) >= 11 is 0. The summed E-state index contributed by atoms with van der Waals surface area (Å²) in [7, 11) is 0. The Morgan fingerprint density at radius 3 is 2.50 bits per heavy atom. The van der Waals surface area contributed by atoms with Gasteiger partial charge < -0.3 is 10.1 Å². The van der Waals surface area contributed by atoms with E-state index in [-0.39, 0.29) is 37.9 Å². The number of hydrogen-bond acceptors (Lipinski definition) is 3. The van der Waals surface area contributed by atoms with Crippen molar-refractivity contribution in [3.8, 4) is 5.75 Å². The Morgan fingerprint density at radius 2 is 1.82 bits per heavy atom. The second-order valence-electron chi connectivity index (χ2n) is 7.18. The van der Waals surface area contributed by atoms with Crippen LogP contribution in [0.15, 0.2) is 60.7 Å². The summed E-state index contributed by atoms with van der Waals surface area (Å²) in [5.41, 5.74) is 0.982. The number of nitrogens with zero attached hydrogens (tertiary/aromatic N) is 1. The van der Waals surface area contributed by atoms with Gasteiger partial charge in [0.25, 0.3) is 5.92 Å². The van der Waals surface area contributed by atoms with Gasteiger partial charge in [0.15, 0.2) is 0 Å². The number of alkyl halides is 2. The molecule has 150 valence electrons. The molecule has 1 heterocycles. The minimum Gasteiger partial charge on any atom is -0.492 e. The Morgan fingerprint density at radius 1 is 1.18 bits per heavy atom. The molecule has 0 radical (unpaired) electrons. The normalized spacial score (nSPS) is 20.3. The Hall–Kier alpha value is -2.47. The Labute approximate surface area is 164 Å². The fraction of sp³-hybridized carbons (Fsp3) is 0.409. The van der Waals surface area contributed by atoms with Gasteiger partial charge in [0.1, 0.15) is 12.4 Å². The average Bonchev–Trinajstić information content (AvgIpc) is 2.69. The molecule has 4 nitrogen and oxygen atoms in total. The van der Waals surface area contributed by atoms with Gasteiger partial charge in [-0.25, -0.2) is 8.78 Å². The van der Waals surface area contributed by atoms with Crippen molar-refractivity contribution >= 4 is 5.91 Å². The molecule has 3 rings (SSSR count). The number of para-hydroxylation sites is 1. The first-order chi connectivity index (χ1) is 13.4. The number of ether oxygens (including phenoxy) is 1. The van der Waals surface area contributed by atoms with Crippen LogP contribution in [0, 0.1) is 0 Å². The van der Waals surface area contributed by atoms with Gasteiger partial charge >= 0.3 is 0 Å². The molecule has 2 aromatic rings. The van der Waals surface area contributed by atoms with Gasteiger partial charge in [0.05, 0.1) is 18.6 Å². The summed E-state index contributed by atoms with van der Waals surface area (Å²) in [6.45, 7) is 1.98. The topological polar surface area (TPSA) is 41.6 Å². The standard InChI is InChI=1S/C22H26F2N2O2/c1-17(18-8-4-2-5-9-18)25-21(27)20-12-13-22(23,24)16-26(20)14-15-28-19-10-6-3-7-11-19/h2-11,17,20H,12-16H2,1H3,(H,25,27)/t17?,20-/m1/s1. The minimum absolute atomic E-state index is 0.131. The van der Waals surface area contributed by atoms with Gasteiger partial charge in [-0.3, -0.25) is 9.69 Å². The third-order valence-electron chi connectivity index (χ3n) is 5.01. The molecule has 1 fully saturated rings. The Bertz CT molecular complexity index is 756. The summed E-state index contributed by atoms with van der Waals surface area (Å²) < 4.78 is 33.5. The zero-order chi connectivity index (χ0) is 20.0. The van der Waals surface area contributed by atoms with E-state index >= 15 is 0 Å². The maximum Gasteiger partial charge on any atom is 0.260 e. The van der Waals surface area contributed by atoms with Crippen molar-refractivity contribution in [1.29, 1.82) is 0 Å². The molecule has 1 N–H and O–H groups in total. The van der Waals surface area contributed by atoms with Gasteiger partial charge in [-0.05, 0) is 31.0 Å². The van der Waals surface area contributed by atoms with E-state index in [1.165, 1.54) is 0 Å². The third-order valence-corrected chi connectivity index (χ3v) is 5.01. The highest BCUT2D eigenvalue weighted by Gasteiger charge is 2.42. The number of amides is 1. The van der Waals surface area contributed by atoms with Crippen LogP contribution in [0.25, 0.3) is 0 Å². The zero-order valence-electron chi connectivity index (χ0n) is 16.0. The van der Waals surface area contributed by atoms with Gasteiger partial charge in [-0.1, -0.05) is 48.5 Å². The van der Waals surface area contributed by atoms with Crippen molar-refractivity contribution in [2.45, 2.75) is 37.8 Å². The number of likely N-dealkylation sites (tertiary alicyclic amines) is 1. The molecule has 0 aliphatic carbocycles. The van der Waals surface area contributed by atoms with Gasteiger partial charge in [0, 0.05) is 13.0 Å². The Kier molecular flexibility index (Phi) is 6.62. The summed E-state index contributed by atoms with van der Waals surface area (Å²) in [4.78, 5) is 14.3. The number of carbonyl (C=O) groups is 1. The van der Waals surface area contributed by atoms with Gasteiger partial charge in [0.2, 0.25) is 5.91 Å². The molecule has 2 aromatic carbocycles. The highest BCUT2D eigenvalue weighted by molar-refractivity contribution is 5.82. The first-order valence-corrected chi connectivity index (χ1v) is 9.60. The maximum absolute atomic E-state index is 14.0. The number of hydrogen-bond donors (Lipinski definition) is 1. The molecule has 2 atom stereocenters. The van der Waals surface area contributed by atoms with Gasteiger partial charge in [-0.15, -0.1) is 0 Å². The van der Waals surface area contributed by atoms with E-state index in [4.69, 9.17) is 4.74 Å². The third kappa shape index (κ3) is 5.52. The molecule has 0 saturated carbocycles. The monoisotopic (exact) mass is 388 g/mol. The van der Waals surface area contributed by atoms with Gasteiger partial charge in [-0.2, -0.15) is 0 Å². The van der Waals surface area contributed by atoms with E-state index in [1.54, 1.807) is 4.90 Å². The number of piperidine rings is 1. The lowest BCUT2D eigenvalue weighted by Crippen LogP contribution is -2.56. The maximum atomic E-state index is 14.0. The SMILES string of the molecule is CC(NC(=O)[C@H]1CCC(F)(F)CN1CCOc1ccccc1)c1ccccc1. The first-order valence-electron chi connectivity index (χ1n) is 9.60. The number of nitrogens with one attached hydrogen (secondary N) is 1. The molecule has 0 spiro atoms. The van der Waals surface area contributed by atoms with E-state index < -0.39 is 18.5 Å². The molecule has 0 bridgehead atoms. The number of benzene rings is 2. The smallest absolute Gasteiger partial charge is 0.260 e. The second kappa shape index (κ2) is 9.15. The lowest BCUT2D eigenvalue weighted by molar-refractivity contribution is -0.136. The number of carbonyl (C=O) groups excluding carboxylic acids is 1. The largest absolute Gasteiger partial charge is 0.492 e. The summed E-state index contributed by atoms with van der Waals surface area (Å²) in [5, 5.41) is 2.97. The molecule has 28 heavy (non-hydrogen) atoms. The van der Waals surface area contributed by atoms with Crippen molar-refractivity contribution in [3.05, 3.63) is 66.2 Å². The molecule has 1 saturated heterocycles. The van der Waals surface area contributed by atoms with Crippen molar-refractivity contribution in [3.63, 3.8) is 0 Å². The fourth-order valence-electron chi connectivity index (χ4n) is 3.48. The predicted octanol–water partition coefficient (Wildman–Crippen LogP) is 4.04. The van der Waals surface area contributed by atoms with Crippen molar-refractivity contribution in [2.75, 3.05) is 19.7 Å². The molecule has 6 heteroatoms. The number of halogens is 2. The van der Waals surface area contributed by atoms with Crippen LogP contribution >= 0.6 is 0 Å².